The Bertz CT molecular complexity index is 486. The maximum absolute atomic E-state index is 4.62. The predicted octanol–water partition coefficient (Wildman–Crippen LogP) is 3.60. The Kier molecular flexibility index (Phi) is 2.83. The number of pyridine rings is 1. The number of rotatable bonds is 2. The Balaban J connectivity index is 2.65. The molecular formula is C12H15BrN2. The normalized spacial score (nSPS) is 11.5. The lowest BCUT2D eigenvalue weighted by molar-refractivity contribution is 0.617. The zero-order valence-electron chi connectivity index (χ0n) is 9.29. The lowest BCUT2D eigenvalue weighted by Gasteiger charge is -2.05. The van der Waals surface area contributed by atoms with Gasteiger partial charge in [0.2, 0.25) is 0 Å². The molecule has 2 aromatic rings. The molecule has 3 heteroatoms. The van der Waals surface area contributed by atoms with Gasteiger partial charge in [-0.3, -0.25) is 4.40 Å². The van der Waals surface area contributed by atoms with Crippen molar-refractivity contribution in [3.05, 3.63) is 34.3 Å². The Morgan fingerprint density at radius 3 is 2.80 bits per heavy atom. The van der Waals surface area contributed by atoms with E-state index in [1.807, 2.05) is 6.07 Å². The highest BCUT2D eigenvalue weighted by atomic mass is 79.9. The van der Waals surface area contributed by atoms with Crippen LogP contribution in [0.1, 0.15) is 25.4 Å². The SMILES string of the molecule is Cc1nc(CC(C)C)n2c(Br)cccc12. The van der Waals surface area contributed by atoms with Crippen LogP contribution < -0.4 is 0 Å². The molecule has 80 valence electrons. The van der Waals surface area contributed by atoms with Gasteiger partial charge in [-0.1, -0.05) is 19.9 Å². The number of nitrogens with zero attached hydrogens (tertiary/aromatic N) is 2. The van der Waals surface area contributed by atoms with Crippen LogP contribution in [0, 0.1) is 12.8 Å². The van der Waals surface area contributed by atoms with E-state index in [1.54, 1.807) is 0 Å². The van der Waals surface area contributed by atoms with Gasteiger partial charge in [0, 0.05) is 6.42 Å². The van der Waals surface area contributed by atoms with Crippen molar-refractivity contribution in [1.82, 2.24) is 9.38 Å². The fourth-order valence-corrected chi connectivity index (χ4v) is 2.38. The molecule has 0 N–H and O–H groups in total. The Morgan fingerprint density at radius 1 is 1.40 bits per heavy atom. The molecule has 2 nitrogen and oxygen atoms in total. The molecule has 0 spiro atoms. The minimum atomic E-state index is 0.627. The van der Waals surface area contributed by atoms with E-state index in [0.717, 1.165) is 22.5 Å². The molecule has 0 radical (unpaired) electrons. The van der Waals surface area contributed by atoms with Crippen molar-refractivity contribution in [2.45, 2.75) is 27.2 Å². The second kappa shape index (κ2) is 3.97. The first-order valence-corrected chi connectivity index (χ1v) is 6.01. The van der Waals surface area contributed by atoms with Crippen LogP contribution in [0.4, 0.5) is 0 Å². The number of imidazole rings is 1. The van der Waals surface area contributed by atoms with Crippen LogP contribution in [-0.4, -0.2) is 9.38 Å². The predicted molar refractivity (Wildman–Crippen MR) is 66.2 cm³/mol. The molecule has 0 unspecified atom stereocenters. The van der Waals surface area contributed by atoms with Crippen molar-refractivity contribution < 1.29 is 0 Å². The van der Waals surface area contributed by atoms with E-state index in [-0.39, 0.29) is 0 Å². The minimum absolute atomic E-state index is 0.627. The number of hydrogen-bond acceptors (Lipinski definition) is 1. The summed E-state index contributed by atoms with van der Waals surface area (Å²) in [5.41, 5.74) is 2.30. The number of aryl methyl sites for hydroxylation is 1. The first-order chi connectivity index (χ1) is 7.09. The second-order valence-corrected chi connectivity index (χ2v) is 5.09. The average Bonchev–Trinajstić information content (AvgIpc) is 2.44. The lowest BCUT2D eigenvalue weighted by atomic mass is 10.1. The molecule has 2 aromatic heterocycles. The van der Waals surface area contributed by atoms with Gasteiger partial charge in [-0.05, 0) is 40.9 Å². The van der Waals surface area contributed by atoms with Crippen LogP contribution in [0.3, 0.4) is 0 Å². The quantitative estimate of drug-likeness (QED) is 0.760. The molecule has 0 aliphatic carbocycles. The fraction of sp³-hybridized carbons (Fsp3) is 0.417. The molecular weight excluding hydrogens is 252 g/mol. The molecule has 0 bridgehead atoms. The van der Waals surface area contributed by atoms with E-state index < -0.39 is 0 Å². The molecule has 2 heterocycles. The topological polar surface area (TPSA) is 17.3 Å². The van der Waals surface area contributed by atoms with Crippen LogP contribution in [0.2, 0.25) is 0 Å². The van der Waals surface area contributed by atoms with Gasteiger partial charge in [0.25, 0.3) is 0 Å². The van der Waals surface area contributed by atoms with Crippen LogP contribution >= 0.6 is 15.9 Å². The maximum Gasteiger partial charge on any atom is 0.114 e. The molecule has 0 saturated carbocycles. The third-order valence-electron chi connectivity index (χ3n) is 2.46. The molecule has 0 aliphatic rings. The van der Waals surface area contributed by atoms with Gasteiger partial charge in [0.1, 0.15) is 5.82 Å². The summed E-state index contributed by atoms with van der Waals surface area (Å²) in [7, 11) is 0. The van der Waals surface area contributed by atoms with E-state index in [0.29, 0.717) is 5.92 Å². The maximum atomic E-state index is 4.62. The first kappa shape index (κ1) is 10.7. The van der Waals surface area contributed by atoms with E-state index in [4.69, 9.17) is 0 Å². The van der Waals surface area contributed by atoms with Crippen molar-refractivity contribution in [2.75, 3.05) is 0 Å². The van der Waals surface area contributed by atoms with E-state index in [2.05, 4.69) is 58.2 Å². The van der Waals surface area contributed by atoms with Gasteiger partial charge in [0.15, 0.2) is 0 Å². The highest BCUT2D eigenvalue weighted by molar-refractivity contribution is 9.10. The third kappa shape index (κ3) is 1.93. The van der Waals surface area contributed by atoms with Gasteiger partial charge in [-0.2, -0.15) is 0 Å². The smallest absolute Gasteiger partial charge is 0.114 e. The third-order valence-corrected chi connectivity index (χ3v) is 3.08. The highest BCUT2D eigenvalue weighted by Gasteiger charge is 2.10. The minimum Gasteiger partial charge on any atom is -0.290 e. The summed E-state index contributed by atoms with van der Waals surface area (Å²) in [5.74, 6) is 1.77. The van der Waals surface area contributed by atoms with Gasteiger partial charge < -0.3 is 0 Å². The van der Waals surface area contributed by atoms with E-state index >= 15 is 0 Å². The Hall–Kier alpha value is -0.830. The van der Waals surface area contributed by atoms with Crippen LogP contribution in [-0.2, 0) is 6.42 Å². The van der Waals surface area contributed by atoms with Gasteiger partial charge in [0.05, 0.1) is 15.8 Å². The summed E-state index contributed by atoms with van der Waals surface area (Å²) in [5, 5.41) is 0. The average molecular weight is 267 g/mol. The summed E-state index contributed by atoms with van der Waals surface area (Å²) in [6.07, 6.45) is 1.01. The van der Waals surface area contributed by atoms with E-state index in [9.17, 15) is 0 Å². The molecule has 0 atom stereocenters. The number of fused-ring (bicyclic) bond motifs is 1. The van der Waals surface area contributed by atoms with Crippen molar-refractivity contribution in [2.24, 2.45) is 5.92 Å². The zero-order valence-corrected chi connectivity index (χ0v) is 10.9. The molecule has 0 saturated heterocycles. The Morgan fingerprint density at radius 2 is 2.13 bits per heavy atom. The fourth-order valence-electron chi connectivity index (χ4n) is 1.83. The monoisotopic (exact) mass is 266 g/mol. The number of halogens is 1. The summed E-state index contributed by atoms with van der Waals surface area (Å²) < 4.78 is 3.27. The van der Waals surface area contributed by atoms with Crippen LogP contribution in [0.15, 0.2) is 22.8 Å². The number of hydrogen-bond donors (Lipinski definition) is 0. The summed E-state index contributed by atoms with van der Waals surface area (Å²) in [6.45, 7) is 6.49. The summed E-state index contributed by atoms with van der Waals surface area (Å²) in [4.78, 5) is 4.62. The molecule has 0 fully saturated rings. The second-order valence-electron chi connectivity index (χ2n) is 4.28. The highest BCUT2D eigenvalue weighted by Crippen LogP contribution is 2.20. The molecule has 15 heavy (non-hydrogen) atoms. The van der Waals surface area contributed by atoms with Crippen molar-refractivity contribution >= 4 is 21.4 Å². The van der Waals surface area contributed by atoms with Crippen molar-refractivity contribution in [3.8, 4) is 0 Å². The molecule has 0 aliphatic heterocycles. The first-order valence-electron chi connectivity index (χ1n) is 5.22. The van der Waals surface area contributed by atoms with E-state index in [1.165, 1.54) is 5.52 Å². The van der Waals surface area contributed by atoms with Crippen LogP contribution in [0.25, 0.3) is 5.52 Å². The largest absolute Gasteiger partial charge is 0.290 e. The summed E-state index contributed by atoms with van der Waals surface area (Å²) >= 11 is 3.57. The number of aromatic nitrogens is 2. The summed E-state index contributed by atoms with van der Waals surface area (Å²) in [6, 6.07) is 6.21. The van der Waals surface area contributed by atoms with Crippen LogP contribution in [0.5, 0.6) is 0 Å². The Labute approximate surface area is 98.5 Å². The molecule has 2 rings (SSSR count). The standard InChI is InChI=1S/C12H15BrN2/c1-8(2)7-12-14-9(3)10-5-4-6-11(13)15(10)12/h4-6,8H,7H2,1-3H3. The van der Waals surface area contributed by atoms with Crippen molar-refractivity contribution in [3.63, 3.8) is 0 Å². The zero-order chi connectivity index (χ0) is 11.0. The van der Waals surface area contributed by atoms with Gasteiger partial charge in [-0.15, -0.1) is 0 Å². The molecule has 0 amide bonds. The lowest BCUT2D eigenvalue weighted by Crippen LogP contribution is -2.01. The van der Waals surface area contributed by atoms with Crippen molar-refractivity contribution in [1.29, 1.82) is 0 Å². The van der Waals surface area contributed by atoms with Gasteiger partial charge in [-0.25, -0.2) is 4.98 Å². The molecule has 0 aromatic carbocycles. The van der Waals surface area contributed by atoms with Gasteiger partial charge >= 0.3 is 0 Å².